The Morgan fingerprint density at radius 1 is 1.42 bits per heavy atom. The number of hydrogen-bond donors (Lipinski definition) is 0. The van der Waals surface area contributed by atoms with Crippen LogP contribution in [0, 0.1) is 11.3 Å². The van der Waals surface area contributed by atoms with E-state index in [1.807, 2.05) is 23.1 Å². The highest BCUT2D eigenvalue weighted by Gasteiger charge is 2.30. The van der Waals surface area contributed by atoms with Gasteiger partial charge in [-0.1, -0.05) is 11.8 Å². The lowest BCUT2D eigenvalue weighted by Crippen LogP contribution is -2.54. The molecule has 1 unspecified atom stereocenters. The molecule has 0 spiro atoms. The summed E-state index contributed by atoms with van der Waals surface area (Å²) >= 11 is 1.46. The maximum Gasteiger partial charge on any atom is 0.320 e. The highest BCUT2D eigenvalue weighted by molar-refractivity contribution is 7.98. The number of likely N-dealkylation sites (N-methyl/N-ethyl adjacent to an activating group) is 1. The van der Waals surface area contributed by atoms with Crippen LogP contribution in [0.15, 0.2) is 11.4 Å². The van der Waals surface area contributed by atoms with Gasteiger partial charge in [0.15, 0.2) is 11.0 Å². The van der Waals surface area contributed by atoms with Crippen LogP contribution >= 0.6 is 11.8 Å². The van der Waals surface area contributed by atoms with Gasteiger partial charge in [0, 0.05) is 33.2 Å². The van der Waals surface area contributed by atoms with Crippen molar-refractivity contribution in [1.82, 2.24) is 19.8 Å². The zero-order chi connectivity index (χ0) is 18.5. The number of carbonyl (C=O) groups excluding carboxylic acids is 1. The monoisotopic (exact) mass is 376 g/mol. The maximum absolute atomic E-state index is 12.8. The van der Waals surface area contributed by atoms with Crippen LogP contribution in [0.3, 0.4) is 0 Å². The molecule has 9 heteroatoms. The first-order valence-electron chi connectivity index (χ1n) is 8.79. The van der Waals surface area contributed by atoms with Crippen molar-refractivity contribution < 1.29 is 9.53 Å². The molecule has 2 aliphatic heterocycles. The lowest BCUT2D eigenvalue weighted by atomic mass is 10.0. The number of aromatic nitrogens is 2. The van der Waals surface area contributed by atoms with Gasteiger partial charge in [0.25, 0.3) is 0 Å². The highest BCUT2D eigenvalue weighted by atomic mass is 32.2. The van der Waals surface area contributed by atoms with Gasteiger partial charge in [0.1, 0.15) is 11.6 Å². The Balaban J connectivity index is 1.73. The summed E-state index contributed by atoms with van der Waals surface area (Å²) in [6.45, 7) is 3.98. The number of thioether (sulfide) groups is 1. The Hall–Kier alpha value is -2.05. The third-order valence-electron chi connectivity index (χ3n) is 4.88. The third-order valence-corrected chi connectivity index (χ3v) is 5.44. The van der Waals surface area contributed by atoms with E-state index in [1.165, 1.54) is 11.8 Å². The van der Waals surface area contributed by atoms with Crippen molar-refractivity contribution in [3.8, 4) is 6.07 Å². The van der Waals surface area contributed by atoms with Crippen LogP contribution < -0.4 is 4.90 Å². The first-order valence-corrected chi connectivity index (χ1v) is 10.0. The van der Waals surface area contributed by atoms with Gasteiger partial charge >= 0.3 is 6.03 Å². The molecule has 0 radical (unpaired) electrons. The van der Waals surface area contributed by atoms with Gasteiger partial charge < -0.3 is 19.4 Å². The Labute approximate surface area is 158 Å². The summed E-state index contributed by atoms with van der Waals surface area (Å²) < 4.78 is 5.33. The number of nitrogens with zero attached hydrogens (tertiary/aromatic N) is 6. The molecule has 1 atom stereocenters. The smallest absolute Gasteiger partial charge is 0.320 e. The molecule has 3 heterocycles. The standard InChI is InChI=1S/C17H24N6O2S/c1-21(17(24)22-6-8-25-9-7-22)14-4-3-5-23(12-14)15-13(10-18)11-19-16(20-15)26-2/h11,14H,3-9,12H2,1-2H3. The molecule has 2 saturated heterocycles. The molecule has 0 bridgehead atoms. The van der Waals surface area contributed by atoms with Crippen LogP contribution in [0.25, 0.3) is 0 Å². The quantitative estimate of drug-likeness (QED) is 0.582. The molecule has 0 aliphatic carbocycles. The Morgan fingerprint density at radius 3 is 2.88 bits per heavy atom. The van der Waals surface area contributed by atoms with Crippen LogP contribution in [-0.4, -0.2) is 84.5 Å². The summed E-state index contributed by atoms with van der Waals surface area (Å²) in [4.78, 5) is 27.3. The minimum atomic E-state index is 0.0492. The van der Waals surface area contributed by atoms with Crippen molar-refractivity contribution in [2.45, 2.75) is 24.0 Å². The number of piperidine rings is 1. The molecular weight excluding hydrogens is 352 g/mol. The van der Waals surface area contributed by atoms with Crippen LogP contribution in [0.4, 0.5) is 10.6 Å². The SMILES string of the molecule is CSc1ncc(C#N)c(N2CCCC(N(C)C(=O)N3CCOCC3)C2)n1. The minimum absolute atomic E-state index is 0.0492. The largest absolute Gasteiger partial charge is 0.378 e. The number of hydrogen-bond acceptors (Lipinski definition) is 7. The van der Waals surface area contributed by atoms with E-state index in [0.29, 0.717) is 49.4 Å². The molecule has 26 heavy (non-hydrogen) atoms. The first-order chi connectivity index (χ1) is 12.6. The average molecular weight is 376 g/mol. The van der Waals surface area contributed by atoms with E-state index in [2.05, 4.69) is 20.9 Å². The number of morpholine rings is 1. The highest BCUT2D eigenvalue weighted by Crippen LogP contribution is 2.25. The number of nitriles is 1. The second-order valence-corrected chi connectivity index (χ2v) is 7.21. The van der Waals surface area contributed by atoms with E-state index < -0.39 is 0 Å². The Morgan fingerprint density at radius 2 is 2.19 bits per heavy atom. The molecule has 3 rings (SSSR count). The summed E-state index contributed by atoms with van der Waals surface area (Å²) in [5.74, 6) is 0.670. The average Bonchev–Trinajstić information content (AvgIpc) is 2.72. The second kappa shape index (κ2) is 8.56. The van der Waals surface area contributed by atoms with Crippen LogP contribution in [0.1, 0.15) is 18.4 Å². The molecule has 0 saturated carbocycles. The number of carbonyl (C=O) groups is 1. The van der Waals surface area contributed by atoms with Crippen molar-refractivity contribution in [3.63, 3.8) is 0 Å². The van der Waals surface area contributed by atoms with Gasteiger partial charge in [-0.3, -0.25) is 0 Å². The molecule has 2 amide bonds. The Bertz CT molecular complexity index is 688. The topological polar surface area (TPSA) is 85.6 Å². The van der Waals surface area contributed by atoms with E-state index >= 15 is 0 Å². The fraction of sp³-hybridized carbons (Fsp3) is 0.647. The summed E-state index contributed by atoms with van der Waals surface area (Å²) in [5.41, 5.74) is 0.477. The molecule has 1 aromatic heterocycles. The van der Waals surface area contributed by atoms with E-state index in [0.717, 1.165) is 19.4 Å². The van der Waals surface area contributed by atoms with Gasteiger partial charge in [-0.05, 0) is 19.1 Å². The molecule has 0 N–H and O–H groups in total. The number of ether oxygens (including phenoxy) is 1. The first kappa shape index (κ1) is 18.7. The molecular formula is C17H24N6O2S. The number of rotatable bonds is 3. The van der Waals surface area contributed by atoms with Crippen LogP contribution in [0.2, 0.25) is 0 Å². The lowest BCUT2D eigenvalue weighted by molar-refractivity contribution is 0.0414. The van der Waals surface area contributed by atoms with Crippen LogP contribution in [0.5, 0.6) is 0 Å². The van der Waals surface area contributed by atoms with Crippen molar-refractivity contribution in [2.75, 3.05) is 57.6 Å². The zero-order valence-corrected chi connectivity index (χ0v) is 16.0. The van der Waals surface area contributed by atoms with E-state index in [4.69, 9.17) is 4.74 Å². The maximum atomic E-state index is 12.8. The molecule has 1 aromatic rings. The normalized spacial score (nSPS) is 20.6. The number of amides is 2. The van der Waals surface area contributed by atoms with Crippen molar-refractivity contribution in [1.29, 1.82) is 5.26 Å². The fourth-order valence-electron chi connectivity index (χ4n) is 3.37. The number of urea groups is 1. The zero-order valence-electron chi connectivity index (χ0n) is 15.2. The lowest BCUT2D eigenvalue weighted by Gasteiger charge is -2.40. The minimum Gasteiger partial charge on any atom is -0.378 e. The van der Waals surface area contributed by atoms with E-state index in [9.17, 15) is 10.1 Å². The van der Waals surface area contributed by atoms with Crippen molar-refractivity contribution in [2.24, 2.45) is 0 Å². The molecule has 2 fully saturated rings. The Kier molecular flexibility index (Phi) is 6.16. The van der Waals surface area contributed by atoms with Crippen LogP contribution in [-0.2, 0) is 4.74 Å². The molecule has 0 aromatic carbocycles. The van der Waals surface area contributed by atoms with Gasteiger partial charge in [-0.15, -0.1) is 0 Å². The van der Waals surface area contributed by atoms with E-state index in [1.54, 1.807) is 6.20 Å². The third kappa shape index (κ3) is 4.02. The second-order valence-electron chi connectivity index (χ2n) is 6.44. The summed E-state index contributed by atoms with van der Waals surface area (Å²) in [6.07, 6.45) is 5.40. The molecule has 2 aliphatic rings. The van der Waals surface area contributed by atoms with E-state index in [-0.39, 0.29) is 12.1 Å². The number of anilines is 1. The molecule has 140 valence electrons. The predicted molar refractivity (Wildman–Crippen MR) is 99.3 cm³/mol. The van der Waals surface area contributed by atoms with Gasteiger partial charge in [0.05, 0.1) is 25.5 Å². The summed E-state index contributed by atoms with van der Waals surface area (Å²) in [5, 5.41) is 10.1. The van der Waals surface area contributed by atoms with Crippen molar-refractivity contribution >= 4 is 23.6 Å². The van der Waals surface area contributed by atoms with Gasteiger partial charge in [-0.25, -0.2) is 14.8 Å². The van der Waals surface area contributed by atoms with Gasteiger partial charge in [0.2, 0.25) is 0 Å². The summed E-state index contributed by atoms with van der Waals surface area (Å²) in [7, 11) is 1.87. The fourth-order valence-corrected chi connectivity index (χ4v) is 3.71. The van der Waals surface area contributed by atoms with Crippen molar-refractivity contribution in [3.05, 3.63) is 11.8 Å². The predicted octanol–water partition coefficient (Wildman–Crippen LogP) is 1.42. The van der Waals surface area contributed by atoms with Gasteiger partial charge in [-0.2, -0.15) is 5.26 Å². The summed E-state index contributed by atoms with van der Waals surface area (Å²) in [6, 6.07) is 2.33. The molecule has 8 nitrogen and oxygen atoms in total.